The molecule has 0 N–H and O–H groups in total. The normalized spacial score (nSPS) is 18.5. The molecule has 3 heteroatoms. The van der Waals surface area contributed by atoms with Crippen molar-refractivity contribution in [2.24, 2.45) is 0 Å². The Bertz CT molecular complexity index is 1580. The standard InChI is InChI=1S/2C19H19.C2H4.2ClH.Zr/c2*1-13(2)15-7-9-16(10-8-15)18-6-4-5-17-11-14(3)12-19(17)18;1-2;;;/h2*4-13H,1-3H3;1-2H2;2*1H;/q;;;;;+2/p-2. The van der Waals surface area contributed by atoms with E-state index in [0.717, 1.165) is 0 Å². The fourth-order valence-electron chi connectivity index (χ4n) is 8.12. The van der Waals surface area contributed by atoms with Gasteiger partial charge in [-0.05, 0) is 0 Å². The van der Waals surface area contributed by atoms with Gasteiger partial charge in [0.1, 0.15) is 0 Å². The van der Waals surface area contributed by atoms with Gasteiger partial charge in [-0.25, -0.2) is 0 Å². The van der Waals surface area contributed by atoms with Crippen molar-refractivity contribution < 1.29 is 45.1 Å². The zero-order valence-corrected chi connectivity index (χ0v) is 30.2. The smallest absolute Gasteiger partial charge is 1.00 e. The van der Waals surface area contributed by atoms with Gasteiger partial charge in [0.25, 0.3) is 0 Å². The summed E-state index contributed by atoms with van der Waals surface area (Å²) in [5, 5.41) is 0. The van der Waals surface area contributed by atoms with Gasteiger partial charge in [0.05, 0.1) is 0 Å². The maximum Gasteiger partial charge on any atom is -1.00 e. The summed E-state index contributed by atoms with van der Waals surface area (Å²) in [5.41, 5.74) is 17.9. The SMILES string of the molecule is CC1=Cc2c(-c3ccc(C(C)C)cc3)cccc2[CH]1[Zr+2]1([CH]2C(C)=Cc3c(-c4ccc(C(C)C)cc4)cccc32)[CH2][CH2]1.[Cl-].[Cl-]. The average Bonchev–Trinajstić information content (AvgIpc) is 3.55. The summed E-state index contributed by atoms with van der Waals surface area (Å²) in [6.07, 6.45) is 5.12. The predicted molar refractivity (Wildman–Crippen MR) is 174 cm³/mol. The van der Waals surface area contributed by atoms with Crippen LogP contribution in [0.25, 0.3) is 34.4 Å². The van der Waals surface area contributed by atoms with Crippen LogP contribution in [0.3, 0.4) is 0 Å². The van der Waals surface area contributed by atoms with Crippen molar-refractivity contribution in [1.82, 2.24) is 0 Å². The second kappa shape index (κ2) is 12.3. The first-order valence-corrected chi connectivity index (χ1v) is 21.9. The summed E-state index contributed by atoms with van der Waals surface area (Å²) in [5.74, 6) is 1.12. The van der Waals surface area contributed by atoms with Gasteiger partial charge in [0.15, 0.2) is 0 Å². The first-order valence-electron chi connectivity index (χ1n) is 15.6. The van der Waals surface area contributed by atoms with Crippen molar-refractivity contribution in [3.63, 3.8) is 0 Å². The number of halogens is 2. The Morgan fingerprint density at radius 3 is 1.23 bits per heavy atom. The van der Waals surface area contributed by atoms with Crippen LogP contribution in [0.4, 0.5) is 0 Å². The Hall–Kier alpha value is -2.18. The Balaban J connectivity index is 0.00000184. The van der Waals surface area contributed by atoms with Gasteiger partial charge in [-0.3, -0.25) is 0 Å². The molecule has 220 valence electrons. The molecule has 2 aliphatic carbocycles. The van der Waals surface area contributed by atoms with Crippen molar-refractivity contribution >= 4 is 12.2 Å². The van der Waals surface area contributed by atoms with Crippen LogP contribution in [-0.4, -0.2) is 0 Å². The topological polar surface area (TPSA) is 0 Å². The third-order valence-electron chi connectivity index (χ3n) is 10.3. The molecule has 0 aromatic heterocycles. The summed E-state index contributed by atoms with van der Waals surface area (Å²) in [7, 11) is 0. The largest absolute Gasteiger partial charge is 1.00 e. The molecule has 43 heavy (non-hydrogen) atoms. The van der Waals surface area contributed by atoms with Gasteiger partial charge in [-0.1, -0.05) is 0 Å². The second-order valence-corrected chi connectivity index (χ2v) is 24.9. The Kier molecular flexibility index (Phi) is 9.23. The molecular weight excluding hydrogens is 643 g/mol. The first-order chi connectivity index (χ1) is 19.8. The molecule has 0 saturated carbocycles. The molecule has 2 unspecified atom stereocenters. The molecule has 4 aromatic rings. The number of benzene rings is 4. The van der Waals surface area contributed by atoms with Crippen LogP contribution < -0.4 is 24.8 Å². The molecular formula is C40H42Cl2Zr. The van der Waals surface area contributed by atoms with E-state index in [4.69, 9.17) is 0 Å². The molecule has 1 saturated heterocycles. The zero-order valence-electron chi connectivity index (χ0n) is 26.2. The van der Waals surface area contributed by atoms with Crippen LogP contribution >= 0.6 is 0 Å². The van der Waals surface area contributed by atoms with E-state index in [2.05, 4.69) is 139 Å². The number of allylic oxidation sites excluding steroid dienone is 2. The molecule has 7 rings (SSSR count). The summed E-state index contributed by atoms with van der Waals surface area (Å²) in [6.45, 7) is 14.0. The Labute approximate surface area is 275 Å². The van der Waals surface area contributed by atoms with E-state index in [1.54, 1.807) is 22.3 Å². The number of fused-ring (bicyclic) bond motifs is 2. The maximum atomic E-state index is 2.56. The number of hydrogen-bond acceptors (Lipinski definition) is 0. The van der Waals surface area contributed by atoms with Crippen LogP contribution in [-0.2, 0) is 20.3 Å². The molecule has 2 atom stereocenters. The summed E-state index contributed by atoms with van der Waals surface area (Å²) in [4.78, 5) is 0. The van der Waals surface area contributed by atoms with Gasteiger partial charge < -0.3 is 24.8 Å². The first kappa shape index (κ1) is 32.2. The van der Waals surface area contributed by atoms with Crippen molar-refractivity contribution in [2.45, 2.75) is 68.9 Å². The summed E-state index contributed by atoms with van der Waals surface area (Å²) in [6, 6.07) is 32.9. The van der Waals surface area contributed by atoms with Gasteiger partial charge in [0.2, 0.25) is 0 Å². The molecule has 0 amide bonds. The van der Waals surface area contributed by atoms with E-state index in [1.807, 2.05) is 0 Å². The van der Waals surface area contributed by atoms with E-state index in [0.29, 0.717) is 19.1 Å². The van der Waals surface area contributed by atoms with Gasteiger partial charge in [-0.2, -0.15) is 0 Å². The molecule has 0 radical (unpaired) electrons. The summed E-state index contributed by atoms with van der Waals surface area (Å²) < 4.78 is 4.37. The molecule has 0 bridgehead atoms. The van der Waals surface area contributed by atoms with Crippen molar-refractivity contribution in [2.75, 3.05) is 0 Å². The van der Waals surface area contributed by atoms with E-state index < -0.39 is 20.3 Å². The minimum absolute atomic E-state index is 0. The fourth-order valence-corrected chi connectivity index (χ4v) is 25.8. The van der Waals surface area contributed by atoms with E-state index in [-0.39, 0.29) is 24.8 Å². The minimum Gasteiger partial charge on any atom is -1.00 e. The number of rotatable bonds is 6. The van der Waals surface area contributed by atoms with Crippen LogP contribution in [0.1, 0.15) is 94.0 Å². The molecule has 4 aromatic carbocycles. The third-order valence-corrected chi connectivity index (χ3v) is 23.8. The molecule has 0 nitrogen and oxygen atoms in total. The fraction of sp³-hybridized carbons (Fsp3) is 0.300. The molecule has 1 heterocycles. The van der Waals surface area contributed by atoms with Gasteiger partial charge in [-0.15, -0.1) is 0 Å². The monoisotopic (exact) mass is 682 g/mol. The van der Waals surface area contributed by atoms with Crippen LogP contribution in [0.5, 0.6) is 0 Å². The minimum atomic E-state index is -2.63. The summed E-state index contributed by atoms with van der Waals surface area (Å²) >= 11 is -2.63. The van der Waals surface area contributed by atoms with Crippen LogP contribution in [0, 0.1) is 0 Å². The Morgan fingerprint density at radius 1 is 0.535 bits per heavy atom. The van der Waals surface area contributed by atoms with Crippen molar-refractivity contribution in [3.8, 4) is 22.3 Å². The van der Waals surface area contributed by atoms with Gasteiger partial charge >= 0.3 is 253 Å². The van der Waals surface area contributed by atoms with E-state index in [1.165, 1.54) is 52.8 Å². The molecule has 0 spiro atoms. The van der Waals surface area contributed by atoms with Crippen LogP contribution in [0.15, 0.2) is 96.1 Å². The average molecular weight is 685 g/mol. The van der Waals surface area contributed by atoms with Crippen LogP contribution in [0.2, 0.25) is 8.26 Å². The van der Waals surface area contributed by atoms with Crippen molar-refractivity contribution in [1.29, 1.82) is 0 Å². The van der Waals surface area contributed by atoms with Gasteiger partial charge in [0, 0.05) is 0 Å². The zero-order chi connectivity index (χ0) is 28.5. The Morgan fingerprint density at radius 2 is 0.907 bits per heavy atom. The predicted octanol–water partition coefficient (Wildman–Crippen LogP) is 5.90. The van der Waals surface area contributed by atoms with E-state index >= 15 is 0 Å². The molecule has 1 aliphatic heterocycles. The van der Waals surface area contributed by atoms with Crippen molar-refractivity contribution in [3.05, 3.63) is 129 Å². The van der Waals surface area contributed by atoms with E-state index in [9.17, 15) is 0 Å². The molecule has 1 fully saturated rings. The molecule has 3 aliphatic rings. The third kappa shape index (κ3) is 5.39. The second-order valence-electron chi connectivity index (χ2n) is 13.5. The quantitative estimate of drug-likeness (QED) is 0.238. The maximum absolute atomic E-state index is 2.63. The number of hydrogen-bond donors (Lipinski definition) is 0.